The molecule has 2 aromatic rings. The van der Waals surface area contributed by atoms with E-state index in [9.17, 15) is 0 Å². The van der Waals surface area contributed by atoms with Crippen LogP contribution in [0.2, 0.25) is 0 Å². The SMILES string of the molecule is CC1(C)c2cc(N(C3=CCCC=C3)c3ccccc3)cc3c2C(C1(C)C)C(C)(C)C3(C)C. The van der Waals surface area contributed by atoms with Crippen molar-refractivity contribution in [2.24, 2.45) is 10.8 Å². The van der Waals surface area contributed by atoms with Gasteiger partial charge in [0.1, 0.15) is 0 Å². The molecule has 32 heavy (non-hydrogen) atoms. The molecule has 1 heteroatoms. The summed E-state index contributed by atoms with van der Waals surface area (Å²) in [6.07, 6.45) is 9.24. The third kappa shape index (κ3) is 2.57. The van der Waals surface area contributed by atoms with Gasteiger partial charge in [0.05, 0.1) is 0 Å². The molecule has 0 saturated heterocycles. The molecule has 3 aliphatic carbocycles. The number of hydrogen-bond acceptors (Lipinski definition) is 1. The van der Waals surface area contributed by atoms with Crippen molar-refractivity contribution in [1.29, 1.82) is 0 Å². The highest BCUT2D eigenvalue weighted by Crippen LogP contribution is 2.73. The summed E-state index contributed by atoms with van der Waals surface area (Å²) in [6, 6.07) is 15.9. The lowest BCUT2D eigenvalue weighted by atomic mass is 9.54. The Morgan fingerprint density at radius 3 is 1.78 bits per heavy atom. The van der Waals surface area contributed by atoms with Crippen LogP contribution in [-0.4, -0.2) is 0 Å². The van der Waals surface area contributed by atoms with Gasteiger partial charge in [0.15, 0.2) is 0 Å². The van der Waals surface area contributed by atoms with Gasteiger partial charge in [-0.3, -0.25) is 0 Å². The highest BCUT2D eigenvalue weighted by molar-refractivity contribution is 5.75. The fraction of sp³-hybridized carbons (Fsp3) is 0.484. The standard InChI is InChI=1S/C31H39N/c1-28(2)24-19-23(32(21-15-11-9-12-16-21)22-17-13-10-14-18-22)20-25-26(24)27(30(28,5)6)31(7,8)29(25,3)4/h9,11-13,15-20,27H,10,14H2,1-8H3. The predicted octanol–water partition coefficient (Wildman–Crippen LogP) is 8.78. The zero-order valence-corrected chi connectivity index (χ0v) is 21.2. The number of rotatable bonds is 3. The maximum absolute atomic E-state index is 2.52. The molecule has 0 radical (unpaired) electrons. The molecule has 0 aliphatic heterocycles. The van der Waals surface area contributed by atoms with Crippen LogP contribution in [0, 0.1) is 10.8 Å². The molecular formula is C31H39N. The molecule has 5 rings (SSSR count). The number of nitrogens with zero attached hydrogens (tertiary/aromatic N) is 1. The van der Waals surface area contributed by atoms with E-state index in [0.29, 0.717) is 5.92 Å². The van der Waals surface area contributed by atoms with Crippen molar-refractivity contribution in [1.82, 2.24) is 0 Å². The molecule has 0 atom stereocenters. The Hall–Kier alpha value is -2.28. The first-order chi connectivity index (χ1) is 14.9. The monoisotopic (exact) mass is 425 g/mol. The number of benzene rings is 2. The first-order valence-electron chi connectivity index (χ1n) is 12.3. The molecule has 3 aliphatic rings. The average molecular weight is 426 g/mol. The van der Waals surface area contributed by atoms with Crippen LogP contribution in [0.5, 0.6) is 0 Å². The maximum atomic E-state index is 2.52. The summed E-state index contributed by atoms with van der Waals surface area (Å²) >= 11 is 0. The molecule has 0 aromatic heterocycles. The molecule has 0 saturated carbocycles. The average Bonchev–Trinajstić information content (AvgIpc) is 3.01. The van der Waals surface area contributed by atoms with Crippen LogP contribution in [0.15, 0.2) is 66.4 Å². The Bertz CT molecular complexity index is 1080. The predicted molar refractivity (Wildman–Crippen MR) is 138 cm³/mol. The van der Waals surface area contributed by atoms with E-state index in [4.69, 9.17) is 0 Å². The Morgan fingerprint density at radius 2 is 1.28 bits per heavy atom. The Labute approximate surface area is 195 Å². The van der Waals surface area contributed by atoms with E-state index in [1.807, 2.05) is 0 Å². The summed E-state index contributed by atoms with van der Waals surface area (Å²) in [5, 5.41) is 0. The molecule has 168 valence electrons. The minimum atomic E-state index is 0.116. The quantitative estimate of drug-likeness (QED) is 0.475. The first kappa shape index (κ1) is 21.6. The summed E-state index contributed by atoms with van der Waals surface area (Å²) in [5.74, 6) is 0.568. The normalized spacial score (nSPS) is 23.7. The molecular weight excluding hydrogens is 386 g/mol. The second-order valence-electron chi connectivity index (χ2n) is 12.4. The van der Waals surface area contributed by atoms with Crippen molar-refractivity contribution in [2.45, 2.75) is 85.0 Å². The molecule has 0 spiro atoms. The summed E-state index contributed by atoms with van der Waals surface area (Å²) < 4.78 is 0. The maximum Gasteiger partial charge on any atom is 0.0467 e. The Kier molecular flexibility index (Phi) is 4.46. The minimum absolute atomic E-state index is 0.116. The van der Waals surface area contributed by atoms with E-state index in [0.717, 1.165) is 12.8 Å². The van der Waals surface area contributed by atoms with E-state index in [2.05, 4.69) is 121 Å². The van der Waals surface area contributed by atoms with Crippen molar-refractivity contribution in [3.63, 3.8) is 0 Å². The van der Waals surface area contributed by atoms with Gasteiger partial charge < -0.3 is 4.90 Å². The lowest BCUT2D eigenvalue weighted by Gasteiger charge is -2.49. The van der Waals surface area contributed by atoms with Crippen LogP contribution < -0.4 is 4.90 Å². The van der Waals surface area contributed by atoms with Crippen LogP contribution >= 0.6 is 0 Å². The van der Waals surface area contributed by atoms with Crippen molar-refractivity contribution >= 4 is 11.4 Å². The van der Waals surface area contributed by atoms with Crippen LogP contribution in [0.25, 0.3) is 0 Å². The van der Waals surface area contributed by atoms with Crippen LogP contribution in [-0.2, 0) is 10.8 Å². The van der Waals surface area contributed by atoms with Crippen molar-refractivity contribution < 1.29 is 0 Å². The summed E-state index contributed by atoms with van der Waals surface area (Å²) in [4.78, 5) is 2.48. The van der Waals surface area contributed by atoms with Gasteiger partial charge in [0, 0.05) is 17.1 Å². The largest absolute Gasteiger partial charge is 0.311 e. The fourth-order valence-corrected chi connectivity index (χ4v) is 6.94. The lowest BCUT2D eigenvalue weighted by molar-refractivity contribution is 0.0633. The molecule has 0 amide bonds. The molecule has 0 heterocycles. The highest BCUT2D eigenvalue weighted by atomic mass is 15.1. The molecule has 0 unspecified atom stereocenters. The third-order valence-electron chi connectivity index (χ3n) is 9.97. The van der Waals surface area contributed by atoms with E-state index < -0.39 is 0 Å². The number of hydrogen-bond donors (Lipinski definition) is 0. The fourth-order valence-electron chi connectivity index (χ4n) is 6.94. The smallest absolute Gasteiger partial charge is 0.0467 e. The van der Waals surface area contributed by atoms with Gasteiger partial charge in [-0.1, -0.05) is 85.7 Å². The zero-order valence-electron chi connectivity index (χ0n) is 21.2. The van der Waals surface area contributed by atoms with Gasteiger partial charge in [0.25, 0.3) is 0 Å². The van der Waals surface area contributed by atoms with Gasteiger partial charge in [-0.25, -0.2) is 0 Å². The molecule has 1 nitrogen and oxygen atoms in total. The first-order valence-corrected chi connectivity index (χ1v) is 12.3. The van der Waals surface area contributed by atoms with E-state index in [1.54, 1.807) is 16.7 Å². The van der Waals surface area contributed by atoms with Gasteiger partial charge in [-0.15, -0.1) is 0 Å². The molecule has 0 fully saturated rings. The van der Waals surface area contributed by atoms with Gasteiger partial charge in [0.2, 0.25) is 0 Å². The van der Waals surface area contributed by atoms with E-state index in [1.165, 1.54) is 17.1 Å². The van der Waals surface area contributed by atoms with Gasteiger partial charge in [-0.05, 0) is 87.5 Å². The van der Waals surface area contributed by atoms with Crippen LogP contribution in [0.4, 0.5) is 11.4 Å². The molecule has 0 bridgehead atoms. The summed E-state index contributed by atoms with van der Waals surface area (Å²) in [7, 11) is 0. The van der Waals surface area contributed by atoms with Gasteiger partial charge in [-0.2, -0.15) is 0 Å². The van der Waals surface area contributed by atoms with Crippen LogP contribution in [0.1, 0.15) is 90.8 Å². The van der Waals surface area contributed by atoms with E-state index >= 15 is 0 Å². The number of para-hydroxylation sites is 1. The second kappa shape index (κ2) is 6.62. The number of allylic oxidation sites excluding steroid dienone is 3. The summed E-state index contributed by atoms with van der Waals surface area (Å²) in [5.41, 5.74) is 9.20. The highest BCUT2D eigenvalue weighted by Gasteiger charge is 2.65. The van der Waals surface area contributed by atoms with Crippen molar-refractivity contribution in [2.75, 3.05) is 4.90 Å². The van der Waals surface area contributed by atoms with Crippen LogP contribution in [0.3, 0.4) is 0 Å². The minimum Gasteiger partial charge on any atom is -0.311 e. The number of anilines is 2. The lowest BCUT2D eigenvalue weighted by Crippen LogP contribution is -2.44. The van der Waals surface area contributed by atoms with E-state index in [-0.39, 0.29) is 21.7 Å². The van der Waals surface area contributed by atoms with Crippen molar-refractivity contribution in [3.8, 4) is 0 Å². The van der Waals surface area contributed by atoms with Crippen molar-refractivity contribution in [3.05, 3.63) is 83.1 Å². The molecule has 2 aromatic carbocycles. The topological polar surface area (TPSA) is 3.24 Å². The summed E-state index contributed by atoms with van der Waals surface area (Å²) in [6.45, 7) is 19.9. The second-order valence-corrected chi connectivity index (χ2v) is 12.4. The Morgan fingerprint density at radius 1 is 0.719 bits per heavy atom. The third-order valence-corrected chi connectivity index (χ3v) is 9.97. The zero-order chi connectivity index (χ0) is 23.1. The molecule has 0 N–H and O–H groups in total. The Balaban J connectivity index is 1.81. The van der Waals surface area contributed by atoms with Gasteiger partial charge >= 0.3 is 0 Å².